The largest absolute Gasteiger partial charge is 0.378 e. The highest BCUT2D eigenvalue weighted by molar-refractivity contribution is 9.10. The van der Waals surface area contributed by atoms with E-state index in [0.29, 0.717) is 49.3 Å². The van der Waals surface area contributed by atoms with E-state index in [4.69, 9.17) is 4.74 Å². The van der Waals surface area contributed by atoms with Crippen molar-refractivity contribution < 1.29 is 19.2 Å². The van der Waals surface area contributed by atoms with E-state index >= 15 is 0 Å². The van der Waals surface area contributed by atoms with Crippen molar-refractivity contribution in [2.45, 2.75) is 12.8 Å². The van der Waals surface area contributed by atoms with Gasteiger partial charge in [-0.1, -0.05) is 12.2 Å². The van der Waals surface area contributed by atoms with Crippen molar-refractivity contribution in [2.75, 3.05) is 31.6 Å². The number of ether oxygens (including phenoxy) is 1. The summed E-state index contributed by atoms with van der Waals surface area (Å²) in [4.78, 5) is 37.8. The summed E-state index contributed by atoms with van der Waals surface area (Å²) >= 11 is 3.25. The number of benzene rings is 1. The molecule has 2 unspecified atom stereocenters. The van der Waals surface area contributed by atoms with Gasteiger partial charge in [-0.05, 0) is 34.8 Å². The van der Waals surface area contributed by atoms with Gasteiger partial charge in [-0.2, -0.15) is 0 Å². The first-order valence-electron chi connectivity index (χ1n) is 8.73. The quantitative estimate of drug-likeness (QED) is 0.443. The smallest absolute Gasteiger partial charge is 0.270 e. The molecular formula is C18H20BrN3O5. The Balaban J connectivity index is 1.73. The van der Waals surface area contributed by atoms with E-state index in [1.807, 2.05) is 12.2 Å². The number of hydrogen-bond acceptors (Lipinski definition) is 5. The minimum Gasteiger partial charge on any atom is -0.378 e. The van der Waals surface area contributed by atoms with Crippen molar-refractivity contribution in [1.29, 1.82) is 0 Å². The van der Waals surface area contributed by atoms with Crippen LogP contribution in [0, 0.1) is 22.0 Å². The minimum absolute atomic E-state index is 0.0226. The Hall–Kier alpha value is -2.26. The van der Waals surface area contributed by atoms with Crippen LogP contribution in [0.25, 0.3) is 0 Å². The molecule has 1 aliphatic carbocycles. The summed E-state index contributed by atoms with van der Waals surface area (Å²) in [6, 6.07) is 4.15. The lowest BCUT2D eigenvalue weighted by molar-refractivity contribution is -0.384. The lowest BCUT2D eigenvalue weighted by Gasteiger charge is -2.34. The molecule has 1 fully saturated rings. The van der Waals surface area contributed by atoms with Gasteiger partial charge in [-0.3, -0.25) is 19.7 Å². The molecule has 0 bridgehead atoms. The number of amides is 2. The molecule has 2 atom stereocenters. The molecule has 8 nitrogen and oxygen atoms in total. The summed E-state index contributed by atoms with van der Waals surface area (Å²) in [5, 5.41) is 13.6. The number of carbonyl (C=O) groups excluding carboxylic acids is 2. The highest BCUT2D eigenvalue weighted by atomic mass is 79.9. The summed E-state index contributed by atoms with van der Waals surface area (Å²) in [5.74, 6) is -1.18. The van der Waals surface area contributed by atoms with Gasteiger partial charge in [0.2, 0.25) is 11.8 Å². The first kappa shape index (κ1) is 19.5. The predicted octanol–water partition coefficient (Wildman–Crippen LogP) is 2.74. The predicted molar refractivity (Wildman–Crippen MR) is 102 cm³/mol. The minimum atomic E-state index is -0.501. The molecular weight excluding hydrogens is 418 g/mol. The monoisotopic (exact) mass is 437 g/mol. The molecule has 1 saturated heterocycles. The highest BCUT2D eigenvalue weighted by Gasteiger charge is 2.37. The first-order chi connectivity index (χ1) is 13.0. The van der Waals surface area contributed by atoms with Gasteiger partial charge in [-0.15, -0.1) is 0 Å². The number of anilines is 1. The van der Waals surface area contributed by atoms with Gasteiger partial charge in [0.1, 0.15) is 0 Å². The van der Waals surface area contributed by atoms with E-state index in [1.165, 1.54) is 18.2 Å². The number of allylic oxidation sites excluding steroid dienone is 2. The molecule has 0 spiro atoms. The van der Waals surface area contributed by atoms with Gasteiger partial charge in [0.25, 0.3) is 5.69 Å². The summed E-state index contributed by atoms with van der Waals surface area (Å²) < 4.78 is 5.71. The molecule has 1 aromatic carbocycles. The van der Waals surface area contributed by atoms with Crippen molar-refractivity contribution in [3.63, 3.8) is 0 Å². The normalized spacial score (nSPS) is 22.3. The SMILES string of the molecule is O=C(Nc1ccc([N+](=O)[O-])cc1Br)C1CC=CCC1C(=O)N1CCOCC1. The molecule has 3 rings (SSSR count). The molecule has 1 aromatic rings. The topological polar surface area (TPSA) is 102 Å². The van der Waals surface area contributed by atoms with E-state index in [1.54, 1.807) is 4.90 Å². The Morgan fingerprint density at radius 1 is 1.19 bits per heavy atom. The van der Waals surface area contributed by atoms with E-state index in [-0.39, 0.29) is 17.5 Å². The van der Waals surface area contributed by atoms with E-state index in [9.17, 15) is 19.7 Å². The Morgan fingerprint density at radius 3 is 2.48 bits per heavy atom. The number of halogens is 1. The Bertz CT molecular complexity index is 776. The molecule has 0 radical (unpaired) electrons. The zero-order valence-electron chi connectivity index (χ0n) is 14.6. The van der Waals surface area contributed by atoms with Crippen LogP contribution in [0.1, 0.15) is 12.8 Å². The molecule has 9 heteroatoms. The Labute approximate surface area is 164 Å². The number of nitro groups is 1. The van der Waals surface area contributed by atoms with Crippen LogP contribution in [-0.4, -0.2) is 47.9 Å². The summed E-state index contributed by atoms with van der Waals surface area (Å²) in [7, 11) is 0. The van der Waals surface area contributed by atoms with Crippen LogP contribution in [0.2, 0.25) is 0 Å². The van der Waals surface area contributed by atoms with Gasteiger partial charge < -0.3 is 15.0 Å². The number of nitro benzene ring substituents is 1. The third-order valence-electron chi connectivity index (χ3n) is 4.83. The third kappa shape index (κ3) is 4.54. The van der Waals surface area contributed by atoms with Gasteiger partial charge in [0, 0.05) is 29.7 Å². The molecule has 2 amide bonds. The highest BCUT2D eigenvalue weighted by Crippen LogP contribution is 2.31. The lowest BCUT2D eigenvalue weighted by atomic mass is 9.81. The van der Waals surface area contributed by atoms with Crippen LogP contribution >= 0.6 is 15.9 Å². The fourth-order valence-corrected chi connectivity index (χ4v) is 3.81. The Morgan fingerprint density at radius 2 is 1.85 bits per heavy atom. The maximum Gasteiger partial charge on any atom is 0.270 e. The zero-order valence-corrected chi connectivity index (χ0v) is 16.2. The maximum atomic E-state index is 12.9. The fraction of sp³-hybridized carbons (Fsp3) is 0.444. The second kappa shape index (κ2) is 8.62. The van der Waals surface area contributed by atoms with Gasteiger partial charge in [0.15, 0.2) is 0 Å². The van der Waals surface area contributed by atoms with Crippen molar-refractivity contribution in [3.8, 4) is 0 Å². The molecule has 0 aromatic heterocycles. The van der Waals surface area contributed by atoms with Crippen LogP contribution in [0.3, 0.4) is 0 Å². The molecule has 27 heavy (non-hydrogen) atoms. The number of hydrogen-bond donors (Lipinski definition) is 1. The van der Waals surface area contributed by atoms with Crippen molar-refractivity contribution in [3.05, 3.63) is 44.9 Å². The van der Waals surface area contributed by atoms with Crippen LogP contribution < -0.4 is 5.32 Å². The van der Waals surface area contributed by atoms with E-state index in [0.717, 1.165) is 0 Å². The molecule has 1 N–H and O–H groups in total. The third-order valence-corrected chi connectivity index (χ3v) is 5.49. The average molecular weight is 438 g/mol. The Kier molecular flexibility index (Phi) is 6.22. The number of rotatable bonds is 4. The molecule has 1 aliphatic heterocycles. The van der Waals surface area contributed by atoms with E-state index in [2.05, 4.69) is 21.2 Å². The summed E-state index contributed by atoms with van der Waals surface area (Å²) in [5.41, 5.74) is 0.374. The second-order valence-electron chi connectivity index (χ2n) is 6.50. The van der Waals surface area contributed by atoms with Crippen LogP contribution in [0.15, 0.2) is 34.8 Å². The van der Waals surface area contributed by atoms with Crippen molar-refractivity contribution in [2.24, 2.45) is 11.8 Å². The van der Waals surface area contributed by atoms with Gasteiger partial charge in [0.05, 0.1) is 35.7 Å². The number of morpholine rings is 1. The van der Waals surface area contributed by atoms with Crippen LogP contribution in [0.5, 0.6) is 0 Å². The maximum absolute atomic E-state index is 12.9. The number of non-ortho nitro benzene ring substituents is 1. The van der Waals surface area contributed by atoms with Crippen molar-refractivity contribution in [1.82, 2.24) is 4.90 Å². The average Bonchev–Trinajstić information content (AvgIpc) is 2.69. The molecule has 1 heterocycles. The van der Waals surface area contributed by atoms with Gasteiger partial charge >= 0.3 is 0 Å². The van der Waals surface area contributed by atoms with Gasteiger partial charge in [-0.25, -0.2) is 0 Å². The van der Waals surface area contributed by atoms with Crippen LogP contribution in [0.4, 0.5) is 11.4 Å². The number of nitrogens with zero attached hydrogens (tertiary/aromatic N) is 2. The molecule has 2 aliphatic rings. The first-order valence-corrected chi connectivity index (χ1v) is 9.53. The van der Waals surface area contributed by atoms with Crippen LogP contribution in [-0.2, 0) is 14.3 Å². The molecule has 0 saturated carbocycles. The zero-order chi connectivity index (χ0) is 19.4. The second-order valence-corrected chi connectivity index (χ2v) is 7.36. The summed E-state index contributed by atoms with van der Waals surface area (Å²) in [6.07, 6.45) is 4.86. The summed E-state index contributed by atoms with van der Waals surface area (Å²) in [6.45, 7) is 2.12. The standard InChI is InChI=1S/C18H20BrN3O5/c19-15-11-12(22(25)26)5-6-16(15)20-17(23)13-3-1-2-4-14(13)18(24)21-7-9-27-10-8-21/h1-2,5-6,11,13-14H,3-4,7-10H2,(H,20,23). The fourth-order valence-electron chi connectivity index (χ4n) is 3.34. The van der Waals surface area contributed by atoms with Crippen molar-refractivity contribution >= 4 is 39.1 Å². The number of carbonyl (C=O) groups is 2. The number of nitrogens with one attached hydrogen (secondary N) is 1. The molecule has 144 valence electrons. The lowest BCUT2D eigenvalue weighted by Crippen LogP contribution is -2.47. The van der Waals surface area contributed by atoms with E-state index < -0.39 is 16.8 Å².